The Labute approximate surface area is 183 Å². The second kappa shape index (κ2) is 8.86. The Morgan fingerprint density at radius 1 is 1.12 bits per heavy atom. The molecule has 8 heteroatoms. The van der Waals surface area contributed by atoms with Crippen molar-refractivity contribution in [1.29, 1.82) is 0 Å². The number of fused-ring (bicyclic) bond motifs is 1. The van der Waals surface area contributed by atoms with E-state index in [1.54, 1.807) is 19.1 Å². The minimum atomic E-state index is -4.51. The molecule has 1 amide bonds. The van der Waals surface area contributed by atoms with E-state index in [-0.39, 0.29) is 17.0 Å². The zero-order valence-electron chi connectivity index (χ0n) is 17.8. The molecule has 0 unspecified atom stereocenters. The average Bonchev–Trinajstić information content (AvgIpc) is 2.89. The predicted octanol–water partition coefficient (Wildman–Crippen LogP) is 6.09. The number of halogens is 3. The second-order valence-corrected chi connectivity index (χ2v) is 8.19. The van der Waals surface area contributed by atoms with E-state index in [0.29, 0.717) is 28.8 Å². The van der Waals surface area contributed by atoms with Gasteiger partial charge in [-0.2, -0.15) is 13.2 Å². The first-order valence-electron chi connectivity index (χ1n) is 10.7. The summed E-state index contributed by atoms with van der Waals surface area (Å²) in [6.07, 6.45) is -0.0243. The lowest BCUT2D eigenvalue weighted by atomic mass is 10.0. The number of carbonyl (C=O) groups excluding carboxylic acids is 1. The van der Waals surface area contributed by atoms with Crippen LogP contribution in [0, 0.1) is 6.92 Å². The number of phenolic OH excluding ortho intramolecular Hbond substituents is 1. The first-order valence-corrected chi connectivity index (χ1v) is 10.7. The number of aryl methyl sites for hydroxylation is 1. The van der Waals surface area contributed by atoms with Crippen molar-refractivity contribution in [3.63, 3.8) is 0 Å². The summed E-state index contributed by atoms with van der Waals surface area (Å²) in [7, 11) is 0. The topological polar surface area (TPSA) is 65.7 Å². The normalized spacial score (nSPS) is 15.6. The minimum Gasteiger partial charge on any atom is -0.508 e. The molecule has 1 aliphatic heterocycles. The number of nitrogens with zero attached hydrogens (tertiary/aromatic N) is 1. The molecule has 2 N–H and O–H groups in total. The third-order valence-corrected chi connectivity index (χ3v) is 5.87. The van der Waals surface area contributed by atoms with Gasteiger partial charge < -0.3 is 14.8 Å². The first kappa shape index (κ1) is 22.2. The summed E-state index contributed by atoms with van der Waals surface area (Å²) in [5, 5.41) is 13.7. The molecule has 170 valence electrons. The van der Waals surface area contributed by atoms with Gasteiger partial charge in [-0.3, -0.25) is 9.69 Å². The molecule has 1 aliphatic rings. The van der Waals surface area contributed by atoms with Crippen molar-refractivity contribution >= 4 is 22.6 Å². The van der Waals surface area contributed by atoms with Crippen LogP contribution in [0.3, 0.4) is 0 Å². The van der Waals surface area contributed by atoms with Gasteiger partial charge in [0.25, 0.3) is 5.91 Å². The molecule has 0 aliphatic carbocycles. The minimum absolute atomic E-state index is 0.0350. The quantitative estimate of drug-likeness (QED) is 0.509. The van der Waals surface area contributed by atoms with Crippen LogP contribution in [0.1, 0.15) is 52.9 Å². The SMILES string of the molecule is Cc1oc2ccc(O)c(CN3CCCCCC3)c2c1C(=O)Nc1cccc(C(F)(F)F)c1. The van der Waals surface area contributed by atoms with Crippen molar-refractivity contribution in [2.75, 3.05) is 18.4 Å². The van der Waals surface area contributed by atoms with Gasteiger partial charge in [0.15, 0.2) is 0 Å². The van der Waals surface area contributed by atoms with Crippen LogP contribution in [0.15, 0.2) is 40.8 Å². The summed E-state index contributed by atoms with van der Waals surface area (Å²) in [6, 6.07) is 7.64. The van der Waals surface area contributed by atoms with Crippen molar-refractivity contribution in [2.45, 2.75) is 45.3 Å². The summed E-state index contributed by atoms with van der Waals surface area (Å²) < 4.78 is 44.9. The highest BCUT2D eigenvalue weighted by molar-refractivity contribution is 6.14. The van der Waals surface area contributed by atoms with Crippen molar-refractivity contribution in [2.24, 2.45) is 0 Å². The standard InChI is InChI=1S/C24H25F3N2O3/c1-15-21(23(31)28-17-8-6-7-16(13-17)24(25,26)27)22-18(19(30)9-10-20(22)32-15)14-29-11-4-2-3-5-12-29/h6-10,13,30H,2-5,11-12,14H2,1H3,(H,28,31). The lowest BCUT2D eigenvalue weighted by molar-refractivity contribution is -0.137. The van der Waals surface area contributed by atoms with Crippen LogP contribution in [0.4, 0.5) is 18.9 Å². The highest BCUT2D eigenvalue weighted by atomic mass is 19.4. The largest absolute Gasteiger partial charge is 0.508 e. The van der Waals surface area contributed by atoms with E-state index >= 15 is 0 Å². The summed E-state index contributed by atoms with van der Waals surface area (Å²) in [6.45, 7) is 3.90. The molecule has 0 saturated carbocycles. The van der Waals surface area contributed by atoms with Crippen LogP contribution in [0.5, 0.6) is 5.75 Å². The van der Waals surface area contributed by atoms with E-state index in [1.807, 2.05) is 0 Å². The van der Waals surface area contributed by atoms with E-state index in [0.717, 1.165) is 38.1 Å². The maximum Gasteiger partial charge on any atom is 0.416 e. The summed E-state index contributed by atoms with van der Waals surface area (Å²) in [4.78, 5) is 15.4. The van der Waals surface area contributed by atoms with Crippen molar-refractivity contribution in [3.05, 3.63) is 58.8 Å². The molecule has 1 saturated heterocycles. The number of alkyl halides is 3. The first-order chi connectivity index (χ1) is 15.2. The number of likely N-dealkylation sites (tertiary alicyclic amines) is 1. The van der Waals surface area contributed by atoms with Gasteiger partial charge in [-0.1, -0.05) is 18.9 Å². The number of benzene rings is 2. The molecular formula is C24H25F3N2O3. The number of anilines is 1. The number of furan rings is 1. The van der Waals surface area contributed by atoms with Gasteiger partial charge in [0.05, 0.1) is 11.1 Å². The summed E-state index contributed by atoms with van der Waals surface area (Å²) >= 11 is 0. The number of nitrogens with one attached hydrogen (secondary N) is 1. The van der Waals surface area contributed by atoms with Crippen LogP contribution in [0.25, 0.3) is 11.0 Å². The van der Waals surface area contributed by atoms with Gasteiger partial charge in [-0.25, -0.2) is 0 Å². The zero-order valence-corrected chi connectivity index (χ0v) is 17.8. The molecule has 0 spiro atoms. The molecule has 0 atom stereocenters. The Morgan fingerprint density at radius 2 is 1.84 bits per heavy atom. The monoisotopic (exact) mass is 446 g/mol. The van der Waals surface area contributed by atoms with Crippen LogP contribution in [0.2, 0.25) is 0 Å². The Balaban J connectivity index is 1.70. The number of carbonyl (C=O) groups is 1. The van der Waals surface area contributed by atoms with Crippen molar-refractivity contribution < 1.29 is 27.5 Å². The fraction of sp³-hybridized carbons (Fsp3) is 0.375. The maximum absolute atomic E-state index is 13.1. The van der Waals surface area contributed by atoms with Gasteiger partial charge in [-0.15, -0.1) is 0 Å². The molecule has 1 fully saturated rings. The van der Waals surface area contributed by atoms with Crippen molar-refractivity contribution in [1.82, 2.24) is 4.90 Å². The lowest BCUT2D eigenvalue weighted by Gasteiger charge is -2.21. The molecule has 0 radical (unpaired) electrons. The highest BCUT2D eigenvalue weighted by Gasteiger charge is 2.31. The molecule has 5 nitrogen and oxygen atoms in total. The number of aromatic hydroxyl groups is 1. The second-order valence-electron chi connectivity index (χ2n) is 8.19. The Hall–Kier alpha value is -3.00. The van der Waals surface area contributed by atoms with Crippen molar-refractivity contribution in [3.8, 4) is 5.75 Å². The van der Waals surface area contributed by atoms with Crippen LogP contribution in [-0.2, 0) is 12.7 Å². The van der Waals surface area contributed by atoms with Gasteiger partial charge in [0.2, 0.25) is 0 Å². The molecule has 1 aromatic heterocycles. The fourth-order valence-electron chi connectivity index (χ4n) is 4.28. The average molecular weight is 446 g/mol. The molecule has 4 rings (SSSR count). The smallest absolute Gasteiger partial charge is 0.416 e. The molecule has 32 heavy (non-hydrogen) atoms. The van der Waals surface area contributed by atoms with Gasteiger partial charge in [0.1, 0.15) is 17.1 Å². The molecule has 0 bridgehead atoms. The van der Waals surface area contributed by atoms with E-state index in [9.17, 15) is 23.1 Å². The van der Waals surface area contributed by atoms with Gasteiger partial charge >= 0.3 is 6.18 Å². The zero-order chi connectivity index (χ0) is 22.9. The Morgan fingerprint density at radius 3 is 2.53 bits per heavy atom. The van der Waals surface area contributed by atoms with Crippen LogP contribution >= 0.6 is 0 Å². The summed E-state index contributed by atoms with van der Waals surface area (Å²) in [5.74, 6) is -0.175. The molecule has 3 aromatic rings. The van der Waals surface area contributed by atoms with E-state index in [2.05, 4.69) is 10.2 Å². The molecule has 2 heterocycles. The summed E-state index contributed by atoms with van der Waals surface area (Å²) in [5.41, 5.74) is 0.462. The van der Waals surface area contributed by atoms with E-state index in [4.69, 9.17) is 4.42 Å². The van der Waals surface area contributed by atoms with Gasteiger partial charge in [0, 0.05) is 23.2 Å². The van der Waals surface area contributed by atoms with E-state index < -0.39 is 17.6 Å². The van der Waals surface area contributed by atoms with Gasteiger partial charge in [-0.05, 0) is 63.2 Å². The Bertz CT molecular complexity index is 1130. The fourth-order valence-corrected chi connectivity index (χ4v) is 4.28. The predicted molar refractivity (Wildman–Crippen MR) is 116 cm³/mol. The Kier molecular flexibility index (Phi) is 6.15. The highest BCUT2D eigenvalue weighted by Crippen LogP contribution is 2.36. The number of rotatable bonds is 4. The number of amides is 1. The third-order valence-electron chi connectivity index (χ3n) is 5.87. The molecular weight excluding hydrogens is 421 g/mol. The number of phenols is 1. The third kappa shape index (κ3) is 4.60. The molecule has 2 aromatic carbocycles. The number of hydrogen-bond donors (Lipinski definition) is 2. The van der Waals surface area contributed by atoms with Crippen LogP contribution in [-0.4, -0.2) is 29.0 Å². The van der Waals surface area contributed by atoms with E-state index in [1.165, 1.54) is 25.0 Å². The van der Waals surface area contributed by atoms with Crippen LogP contribution < -0.4 is 5.32 Å². The maximum atomic E-state index is 13.1. The number of hydrogen-bond acceptors (Lipinski definition) is 4. The lowest BCUT2D eigenvalue weighted by Crippen LogP contribution is -2.24.